The largest absolute Gasteiger partial charge is 0.506 e. The zero-order valence-corrected chi connectivity index (χ0v) is 40.0. The summed E-state index contributed by atoms with van der Waals surface area (Å²) in [7, 11) is -0.0747. The molecule has 0 radical (unpaired) electrons. The molecule has 63 heavy (non-hydrogen) atoms. The van der Waals surface area contributed by atoms with E-state index in [1.807, 2.05) is 41.3 Å². The van der Waals surface area contributed by atoms with Crippen molar-refractivity contribution in [1.29, 1.82) is 0 Å². The zero-order valence-electron chi connectivity index (χ0n) is 37.3. The molecule has 0 bridgehead atoms. The van der Waals surface area contributed by atoms with Gasteiger partial charge in [-0.05, 0) is 129 Å². The second kappa shape index (κ2) is 18.3. The van der Waals surface area contributed by atoms with Gasteiger partial charge >= 0.3 is 5.97 Å². The van der Waals surface area contributed by atoms with E-state index in [9.17, 15) is 19.8 Å². The van der Waals surface area contributed by atoms with E-state index in [1.54, 1.807) is 18.2 Å². The topological polar surface area (TPSA) is 164 Å². The minimum atomic E-state index is -2.24. The number of fused-ring (bicyclic) bond motifs is 4. The van der Waals surface area contributed by atoms with Crippen LogP contribution in [0.1, 0.15) is 95.9 Å². The normalized spacial score (nSPS) is 18.6. The van der Waals surface area contributed by atoms with Gasteiger partial charge < -0.3 is 39.3 Å². The van der Waals surface area contributed by atoms with E-state index in [4.69, 9.17) is 13.9 Å². The van der Waals surface area contributed by atoms with Crippen LogP contribution in [0.25, 0.3) is 21.9 Å². The third kappa shape index (κ3) is 9.32. The molecule has 0 saturated heterocycles. The van der Waals surface area contributed by atoms with Gasteiger partial charge in [0.05, 0.1) is 40.1 Å². The number of aromatic amines is 1. The van der Waals surface area contributed by atoms with Crippen molar-refractivity contribution in [2.75, 3.05) is 20.1 Å². The number of aryl methyl sites for hydroxylation is 2. The summed E-state index contributed by atoms with van der Waals surface area (Å²) in [5.41, 5.74) is 4.55. The molecule has 16 heteroatoms. The van der Waals surface area contributed by atoms with Crippen molar-refractivity contribution in [2.45, 2.75) is 128 Å². The van der Waals surface area contributed by atoms with Crippen LogP contribution in [0.2, 0.25) is 18.1 Å². The van der Waals surface area contributed by atoms with Crippen molar-refractivity contribution in [3.05, 3.63) is 107 Å². The number of rotatable bonds is 16. The number of phenols is 1. The monoisotopic (exact) mass is 912 g/mol. The molecule has 5 heterocycles. The molecule has 336 valence electrons. The summed E-state index contributed by atoms with van der Waals surface area (Å²) in [6.45, 7) is 16.8. The van der Waals surface area contributed by atoms with Gasteiger partial charge in [0.25, 0.3) is 0 Å². The Bertz CT molecular complexity index is 2630. The maximum absolute atomic E-state index is 13.6. The Morgan fingerprint density at radius 2 is 1.86 bits per heavy atom. The van der Waals surface area contributed by atoms with Gasteiger partial charge in [-0.15, -0.1) is 27.8 Å². The molecule has 2 aromatic carbocycles. The highest BCUT2D eigenvalue weighted by atomic mass is 32.1. The van der Waals surface area contributed by atoms with Crippen LogP contribution in [0.15, 0.2) is 64.8 Å². The number of aliphatic hydroxyl groups is 1. The standard InChI is InChI=1S/C47H60N6O7S2Si/c1-29-11-19-41(62-29)47(57,40-10-8-23-61-40)45(56)59-32-14-12-31(13-15-32)52(5)21-9-22-53-44-36-28-58-27-35(36)30(24-37(44)50-51-53)25-48-26-39(60-63(6,7)46(2,3)4)33-16-18-38(54)43-34(33)17-20-42(55)49-43/h8,10-11,16-20,23-24,31-32,39,48,54,57H,9,12-15,21-22,25-28H2,1-7H3,(H,49,55)/t31-,32-,39-,47-/m0/s1. The molecule has 8 rings (SSSR count). The summed E-state index contributed by atoms with van der Waals surface area (Å²) in [5, 5.41) is 37.9. The second-order valence-electron chi connectivity index (χ2n) is 18.7. The Labute approximate surface area is 377 Å². The number of ether oxygens (including phenoxy) is 2. The molecule has 4 N–H and O–H groups in total. The smallest absolute Gasteiger partial charge is 0.349 e. The fourth-order valence-electron chi connectivity index (χ4n) is 8.78. The summed E-state index contributed by atoms with van der Waals surface area (Å²) in [6.07, 6.45) is 3.66. The number of nitrogens with one attached hydrogen (secondary N) is 2. The lowest BCUT2D eigenvalue weighted by Gasteiger charge is -2.39. The summed E-state index contributed by atoms with van der Waals surface area (Å²) in [5.74, 6) is -0.566. The Morgan fingerprint density at radius 3 is 2.57 bits per heavy atom. The van der Waals surface area contributed by atoms with Crippen LogP contribution in [0.5, 0.6) is 5.75 Å². The van der Waals surface area contributed by atoms with Crippen LogP contribution >= 0.6 is 22.7 Å². The van der Waals surface area contributed by atoms with Gasteiger partial charge in [0, 0.05) is 47.6 Å². The molecule has 2 atom stereocenters. The summed E-state index contributed by atoms with van der Waals surface area (Å²) in [6, 6.07) is 16.7. The van der Waals surface area contributed by atoms with Gasteiger partial charge in [-0.25, -0.2) is 9.48 Å². The first-order valence-electron chi connectivity index (χ1n) is 22.0. The number of pyridine rings is 1. The van der Waals surface area contributed by atoms with Gasteiger partial charge in [-0.3, -0.25) is 4.79 Å². The van der Waals surface area contributed by atoms with Crippen LogP contribution < -0.4 is 10.9 Å². The van der Waals surface area contributed by atoms with Crippen molar-refractivity contribution in [1.82, 2.24) is 30.2 Å². The van der Waals surface area contributed by atoms with Gasteiger partial charge in [-0.2, -0.15) is 0 Å². The maximum Gasteiger partial charge on any atom is 0.349 e. The lowest BCUT2D eigenvalue weighted by molar-refractivity contribution is -0.169. The third-order valence-corrected chi connectivity index (χ3v) is 20.0. The first-order chi connectivity index (χ1) is 30.0. The molecular formula is C47H60N6O7S2Si. The van der Waals surface area contributed by atoms with Crippen LogP contribution in [-0.4, -0.2) is 81.7 Å². The fourth-order valence-corrected chi connectivity index (χ4v) is 11.9. The minimum absolute atomic E-state index is 0.0275. The van der Waals surface area contributed by atoms with Crippen molar-refractivity contribution in [3.63, 3.8) is 0 Å². The first-order valence-corrected chi connectivity index (χ1v) is 26.6. The Hall–Kier alpha value is -4.26. The zero-order chi connectivity index (χ0) is 44.7. The van der Waals surface area contributed by atoms with Crippen LogP contribution in [-0.2, 0) is 50.6 Å². The van der Waals surface area contributed by atoms with E-state index < -0.39 is 19.9 Å². The number of aromatic hydroxyl groups is 1. The molecule has 4 aromatic heterocycles. The van der Waals surface area contributed by atoms with E-state index in [0.717, 1.165) is 83.2 Å². The van der Waals surface area contributed by atoms with E-state index in [-0.39, 0.29) is 28.6 Å². The molecule has 0 amide bonds. The number of aromatic nitrogens is 4. The van der Waals surface area contributed by atoms with E-state index in [0.29, 0.717) is 47.6 Å². The highest BCUT2D eigenvalue weighted by Crippen LogP contribution is 2.42. The molecule has 0 unspecified atom stereocenters. The molecule has 2 aliphatic rings. The number of phenolic OH excluding ortho intramolecular Hbond substituents is 1. The Morgan fingerprint density at radius 1 is 1.08 bits per heavy atom. The van der Waals surface area contributed by atoms with E-state index in [1.165, 1.54) is 34.3 Å². The summed E-state index contributed by atoms with van der Waals surface area (Å²) >= 11 is 2.78. The number of hydrogen-bond acceptors (Lipinski definition) is 13. The summed E-state index contributed by atoms with van der Waals surface area (Å²) < 4.78 is 21.2. The number of esters is 1. The third-order valence-electron chi connectivity index (χ3n) is 13.4. The minimum Gasteiger partial charge on any atom is -0.506 e. The molecule has 1 aliphatic heterocycles. The van der Waals surface area contributed by atoms with Gasteiger partial charge in [0.2, 0.25) is 11.2 Å². The van der Waals surface area contributed by atoms with Gasteiger partial charge in [-0.1, -0.05) is 38.1 Å². The average Bonchev–Trinajstić information content (AvgIpc) is 4.09. The first kappa shape index (κ1) is 45.3. The fraction of sp³-hybridized carbons (Fsp3) is 0.489. The number of hydrogen-bond donors (Lipinski definition) is 4. The number of carbonyl (C=O) groups excluding carboxylic acids is 1. The predicted octanol–water partition coefficient (Wildman–Crippen LogP) is 8.41. The number of nitrogens with zero attached hydrogens (tertiary/aromatic N) is 4. The molecule has 13 nitrogen and oxygen atoms in total. The predicted molar refractivity (Wildman–Crippen MR) is 251 cm³/mol. The number of carbonyl (C=O) groups is 1. The summed E-state index contributed by atoms with van der Waals surface area (Å²) in [4.78, 5) is 33.2. The molecule has 6 aromatic rings. The lowest BCUT2D eigenvalue weighted by Crippen LogP contribution is -2.43. The van der Waals surface area contributed by atoms with Crippen LogP contribution in [0, 0.1) is 6.92 Å². The Balaban J connectivity index is 0.885. The highest BCUT2D eigenvalue weighted by molar-refractivity contribution is 7.13. The highest BCUT2D eigenvalue weighted by Gasteiger charge is 2.45. The Kier molecular flexibility index (Phi) is 13.2. The van der Waals surface area contributed by atoms with Crippen molar-refractivity contribution >= 4 is 58.9 Å². The van der Waals surface area contributed by atoms with Gasteiger partial charge in [0.15, 0.2) is 8.32 Å². The SMILES string of the molecule is Cc1ccc([C@](O)(C(=O)O[C@H]2CC[C@H](N(C)CCCn3nnc4cc(CNC[C@H](O[Si](C)(C)C(C)(C)C)c5ccc(O)c6[nH]c(=O)ccc56)c5c(c43)COC5)CC2)c2cccs2)s1. The molecule has 1 aliphatic carbocycles. The van der Waals surface area contributed by atoms with Crippen molar-refractivity contribution in [3.8, 4) is 5.75 Å². The van der Waals surface area contributed by atoms with Gasteiger partial charge in [0.1, 0.15) is 17.4 Å². The number of thiophene rings is 2. The number of benzene rings is 2. The average molecular weight is 913 g/mol. The van der Waals surface area contributed by atoms with Crippen molar-refractivity contribution < 1.29 is 28.9 Å². The second-order valence-corrected chi connectivity index (χ2v) is 25.7. The molecular weight excluding hydrogens is 853 g/mol. The molecule has 1 saturated carbocycles. The van der Waals surface area contributed by atoms with E-state index in [2.05, 4.69) is 72.5 Å². The quantitative estimate of drug-likeness (QED) is 0.0545. The lowest BCUT2D eigenvalue weighted by atomic mass is 9.91. The van der Waals surface area contributed by atoms with Crippen LogP contribution in [0.4, 0.5) is 0 Å². The molecule has 1 fully saturated rings. The molecule has 0 spiro atoms. The van der Waals surface area contributed by atoms with E-state index >= 15 is 0 Å². The maximum atomic E-state index is 13.6. The van der Waals surface area contributed by atoms with Crippen LogP contribution in [0.3, 0.4) is 0 Å². The number of H-pyrrole nitrogens is 1. The van der Waals surface area contributed by atoms with Crippen molar-refractivity contribution in [2.24, 2.45) is 0 Å².